The van der Waals surface area contributed by atoms with Gasteiger partial charge in [-0.15, -0.1) is 5.11 Å². The Kier molecular flexibility index (Phi) is 2.76. The normalized spacial score (nSPS) is 10.4. The summed E-state index contributed by atoms with van der Waals surface area (Å²) >= 11 is 4.98. The van der Waals surface area contributed by atoms with Crippen LogP contribution in [0.4, 0.5) is 5.69 Å². The summed E-state index contributed by atoms with van der Waals surface area (Å²) < 4.78 is 3.03. The van der Waals surface area contributed by atoms with Gasteiger partial charge in [0.15, 0.2) is 0 Å². The van der Waals surface area contributed by atoms with E-state index >= 15 is 0 Å². The molecule has 62 valence electrons. The van der Waals surface area contributed by atoms with Crippen LogP contribution in [0.5, 0.6) is 0 Å². The number of rotatable bonds is 2. The molecule has 1 rings (SSSR count). The molecule has 1 aromatic rings. The summed E-state index contributed by atoms with van der Waals surface area (Å²) in [6.45, 7) is 0. The Labute approximate surface area is 73.6 Å². The summed E-state index contributed by atoms with van der Waals surface area (Å²) in [6.07, 6.45) is 0. The van der Waals surface area contributed by atoms with Gasteiger partial charge in [-0.25, -0.2) is 4.79 Å². The number of hydrogen-bond acceptors (Lipinski definition) is 3. The molecule has 0 spiro atoms. The zero-order valence-corrected chi connectivity index (χ0v) is 6.69. The van der Waals surface area contributed by atoms with E-state index < -0.39 is 5.97 Å². The van der Waals surface area contributed by atoms with E-state index in [1.54, 1.807) is 0 Å². The fraction of sp³-hybridized carbons (Fsp3) is 0. The number of carbonyl (C=O) groups is 1. The van der Waals surface area contributed by atoms with Gasteiger partial charge in [-0.05, 0) is 24.3 Å². The quantitative estimate of drug-likeness (QED) is 0.719. The minimum absolute atomic E-state index is 0.212. The summed E-state index contributed by atoms with van der Waals surface area (Å²) in [7, 11) is 0. The molecule has 0 aliphatic heterocycles. The highest BCUT2D eigenvalue weighted by molar-refractivity contribution is 6.14. The van der Waals surface area contributed by atoms with E-state index in [1.807, 2.05) is 0 Å². The SMILES string of the molecule is O=C(O)c1ccc(/N=N\Cl)cc1. The van der Waals surface area contributed by atoms with Crippen molar-refractivity contribution in [2.24, 2.45) is 9.75 Å². The number of halogens is 1. The van der Waals surface area contributed by atoms with Gasteiger partial charge in [0.2, 0.25) is 0 Å². The monoisotopic (exact) mass is 184 g/mol. The molecule has 0 unspecified atom stereocenters. The Morgan fingerprint density at radius 1 is 1.33 bits per heavy atom. The number of aromatic carboxylic acids is 1. The number of hydrogen-bond donors (Lipinski definition) is 1. The van der Waals surface area contributed by atoms with E-state index in [-0.39, 0.29) is 5.56 Å². The molecule has 0 bridgehead atoms. The van der Waals surface area contributed by atoms with Crippen molar-refractivity contribution < 1.29 is 9.90 Å². The highest BCUT2D eigenvalue weighted by atomic mass is 35.5. The Morgan fingerprint density at radius 3 is 2.33 bits per heavy atom. The van der Waals surface area contributed by atoms with E-state index in [0.717, 1.165) is 0 Å². The number of benzene rings is 1. The minimum Gasteiger partial charge on any atom is -0.478 e. The highest BCUT2D eigenvalue weighted by Gasteiger charge is 2.00. The van der Waals surface area contributed by atoms with Gasteiger partial charge >= 0.3 is 5.97 Å². The summed E-state index contributed by atoms with van der Waals surface area (Å²) in [6, 6.07) is 5.91. The predicted octanol–water partition coefficient (Wildman–Crippen LogP) is 2.62. The van der Waals surface area contributed by atoms with Crippen LogP contribution in [-0.2, 0) is 0 Å². The second-order valence-electron chi connectivity index (χ2n) is 2.03. The molecule has 0 aliphatic rings. The topological polar surface area (TPSA) is 62.0 Å². The Hall–Kier alpha value is -1.42. The Bertz CT molecular complexity index is 308. The van der Waals surface area contributed by atoms with Crippen LogP contribution in [0.25, 0.3) is 0 Å². The number of nitrogens with zero attached hydrogens (tertiary/aromatic N) is 2. The average Bonchev–Trinajstić information content (AvgIpc) is 2.06. The molecule has 4 nitrogen and oxygen atoms in total. The van der Waals surface area contributed by atoms with E-state index in [9.17, 15) is 4.79 Å². The van der Waals surface area contributed by atoms with Gasteiger partial charge in [-0.3, -0.25) is 0 Å². The molecule has 0 saturated heterocycles. The molecule has 1 aromatic carbocycles. The number of carboxylic acid groups (broad SMARTS) is 1. The van der Waals surface area contributed by atoms with E-state index in [4.69, 9.17) is 16.9 Å². The van der Waals surface area contributed by atoms with Crippen molar-refractivity contribution in [1.29, 1.82) is 0 Å². The van der Waals surface area contributed by atoms with Crippen LogP contribution in [0.15, 0.2) is 34.0 Å². The van der Waals surface area contributed by atoms with Crippen molar-refractivity contribution in [3.05, 3.63) is 29.8 Å². The molecule has 5 heteroatoms. The van der Waals surface area contributed by atoms with E-state index in [0.29, 0.717) is 5.69 Å². The molecule has 12 heavy (non-hydrogen) atoms. The van der Waals surface area contributed by atoms with Gasteiger partial charge < -0.3 is 5.11 Å². The van der Waals surface area contributed by atoms with Crippen molar-refractivity contribution in [1.82, 2.24) is 0 Å². The van der Waals surface area contributed by atoms with Crippen molar-refractivity contribution in [3.63, 3.8) is 0 Å². The second-order valence-corrected chi connectivity index (χ2v) is 2.18. The molecule has 1 N–H and O–H groups in total. The van der Waals surface area contributed by atoms with Crippen molar-refractivity contribution in [3.8, 4) is 0 Å². The maximum atomic E-state index is 10.4. The van der Waals surface area contributed by atoms with Crippen LogP contribution in [0.1, 0.15) is 10.4 Å². The lowest BCUT2D eigenvalue weighted by Crippen LogP contribution is -1.93. The molecule has 0 amide bonds. The van der Waals surface area contributed by atoms with Gasteiger partial charge in [0, 0.05) is 0 Å². The third-order valence-corrected chi connectivity index (χ3v) is 1.34. The lowest BCUT2D eigenvalue weighted by molar-refractivity contribution is 0.0697. The lowest BCUT2D eigenvalue weighted by atomic mass is 10.2. The van der Waals surface area contributed by atoms with Gasteiger partial charge in [-0.1, -0.05) is 4.63 Å². The van der Waals surface area contributed by atoms with Gasteiger partial charge in [0.05, 0.1) is 23.0 Å². The van der Waals surface area contributed by atoms with Crippen LogP contribution in [0.3, 0.4) is 0 Å². The summed E-state index contributed by atoms with van der Waals surface area (Å²) in [4.78, 5) is 10.4. The van der Waals surface area contributed by atoms with Crippen LogP contribution in [0, 0.1) is 0 Å². The molecule has 0 atom stereocenters. The molecule has 0 aromatic heterocycles. The Balaban J connectivity index is 2.93. The first-order valence-electron chi connectivity index (χ1n) is 3.09. The summed E-state index contributed by atoms with van der Waals surface area (Å²) in [5, 5.41) is 12.0. The van der Waals surface area contributed by atoms with Crippen molar-refractivity contribution in [2.75, 3.05) is 0 Å². The highest BCUT2D eigenvalue weighted by Crippen LogP contribution is 2.13. The lowest BCUT2D eigenvalue weighted by Gasteiger charge is -1.92. The smallest absolute Gasteiger partial charge is 0.335 e. The number of carboxylic acids is 1. The average molecular weight is 185 g/mol. The maximum absolute atomic E-state index is 10.4. The fourth-order valence-electron chi connectivity index (χ4n) is 0.714. The van der Waals surface area contributed by atoms with Crippen molar-refractivity contribution >= 4 is 23.4 Å². The Morgan fingerprint density at radius 2 is 1.92 bits per heavy atom. The largest absolute Gasteiger partial charge is 0.478 e. The molecular formula is C7H5ClN2O2. The first kappa shape index (κ1) is 8.67. The molecule has 0 fully saturated rings. The molecule has 0 saturated carbocycles. The van der Waals surface area contributed by atoms with Gasteiger partial charge in [0.25, 0.3) is 0 Å². The zero-order valence-electron chi connectivity index (χ0n) is 5.94. The minimum atomic E-state index is -0.968. The third-order valence-electron chi connectivity index (χ3n) is 1.27. The van der Waals surface area contributed by atoms with Gasteiger partial charge in [-0.2, -0.15) is 0 Å². The third kappa shape index (κ3) is 2.03. The van der Waals surface area contributed by atoms with Crippen LogP contribution < -0.4 is 0 Å². The molecule has 0 radical (unpaired) electrons. The molecular weight excluding hydrogens is 180 g/mol. The fourth-order valence-corrected chi connectivity index (χ4v) is 0.802. The summed E-state index contributed by atoms with van der Waals surface area (Å²) in [5.74, 6) is -0.968. The van der Waals surface area contributed by atoms with Gasteiger partial charge in [0.1, 0.15) is 0 Å². The van der Waals surface area contributed by atoms with E-state index in [1.165, 1.54) is 24.3 Å². The predicted molar refractivity (Wildman–Crippen MR) is 43.8 cm³/mol. The van der Waals surface area contributed by atoms with E-state index in [2.05, 4.69) is 9.75 Å². The zero-order chi connectivity index (χ0) is 8.97. The summed E-state index contributed by atoms with van der Waals surface area (Å²) in [5.41, 5.74) is 0.735. The van der Waals surface area contributed by atoms with Crippen LogP contribution in [-0.4, -0.2) is 11.1 Å². The molecule has 0 aliphatic carbocycles. The maximum Gasteiger partial charge on any atom is 0.335 e. The van der Waals surface area contributed by atoms with Crippen LogP contribution >= 0.6 is 11.8 Å². The molecule has 0 heterocycles. The second kappa shape index (κ2) is 3.82. The first-order valence-corrected chi connectivity index (χ1v) is 3.43. The van der Waals surface area contributed by atoms with Crippen molar-refractivity contribution in [2.45, 2.75) is 0 Å². The standard InChI is InChI=1S/C7H5ClN2O2/c8-10-9-6-3-1-5(2-4-6)7(11)12/h1-4H,(H,11,12)/b10-9-. The van der Waals surface area contributed by atoms with Crippen LogP contribution in [0.2, 0.25) is 0 Å². The first-order chi connectivity index (χ1) is 5.74.